The van der Waals surface area contributed by atoms with Gasteiger partial charge in [0.15, 0.2) is 0 Å². The molecule has 0 bridgehead atoms. The number of nitrogens with zero attached hydrogens (tertiary/aromatic N) is 1. The number of alkyl halides is 3. The summed E-state index contributed by atoms with van der Waals surface area (Å²) >= 11 is 0. The van der Waals surface area contributed by atoms with Crippen molar-refractivity contribution in [2.45, 2.75) is 18.5 Å². The Hall–Kier alpha value is -5.06. The van der Waals surface area contributed by atoms with E-state index in [9.17, 15) is 37.2 Å². The van der Waals surface area contributed by atoms with Gasteiger partial charge in [-0.25, -0.2) is 14.0 Å². The maximum atomic E-state index is 13.5. The van der Waals surface area contributed by atoms with Crippen molar-refractivity contribution >= 4 is 29.3 Å². The second-order valence-electron chi connectivity index (χ2n) is 7.90. The number of methoxy groups -OCH3 is 2. The van der Waals surface area contributed by atoms with Crippen molar-refractivity contribution in [2.24, 2.45) is 5.73 Å². The number of nitrogens with one attached hydrogen (secondary N) is 2. The molecule has 0 fully saturated rings. The quantitative estimate of drug-likeness (QED) is 0.357. The molecule has 204 valence electrons. The van der Waals surface area contributed by atoms with E-state index in [0.29, 0.717) is 12.1 Å². The fraction of sp³-hybridized carbons (Fsp3) is 0.200. The predicted molar refractivity (Wildman–Crippen MR) is 127 cm³/mol. The van der Waals surface area contributed by atoms with Crippen LogP contribution in [-0.4, -0.2) is 32.2 Å². The van der Waals surface area contributed by atoms with Crippen LogP contribution < -0.4 is 16.4 Å². The van der Waals surface area contributed by atoms with Crippen LogP contribution in [0.3, 0.4) is 0 Å². The van der Waals surface area contributed by atoms with E-state index in [4.69, 9.17) is 15.2 Å². The molecule has 0 aromatic heterocycles. The highest BCUT2D eigenvalue weighted by molar-refractivity contribution is 6.00. The van der Waals surface area contributed by atoms with E-state index in [1.165, 1.54) is 24.3 Å². The first-order chi connectivity index (χ1) is 18.4. The van der Waals surface area contributed by atoms with Crippen LogP contribution >= 0.6 is 0 Å². The monoisotopic (exact) mass is 548 g/mol. The minimum Gasteiger partial charge on any atom is -0.469 e. The van der Waals surface area contributed by atoms with Crippen molar-refractivity contribution in [3.63, 3.8) is 0 Å². The molecule has 39 heavy (non-hydrogen) atoms. The highest BCUT2D eigenvalue weighted by atomic mass is 19.4. The van der Waals surface area contributed by atoms with Crippen LogP contribution in [0, 0.1) is 17.1 Å². The van der Waals surface area contributed by atoms with Crippen molar-refractivity contribution in [2.75, 3.05) is 24.9 Å². The summed E-state index contributed by atoms with van der Waals surface area (Å²) in [7, 11) is 2.20. The molecule has 1 heterocycles. The van der Waals surface area contributed by atoms with Gasteiger partial charge in [-0.3, -0.25) is 4.79 Å². The molecule has 14 heteroatoms. The normalized spacial score (nSPS) is 15.2. The summed E-state index contributed by atoms with van der Waals surface area (Å²) in [5.41, 5.74) is 3.97. The molecule has 1 unspecified atom stereocenters. The van der Waals surface area contributed by atoms with E-state index in [2.05, 4.69) is 15.4 Å². The molecule has 0 saturated carbocycles. The molecule has 10 nitrogen and oxygen atoms in total. The number of esters is 2. The second-order valence-corrected chi connectivity index (χ2v) is 7.90. The highest BCUT2D eigenvalue weighted by Crippen LogP contribution is 2.41. The lowest BCUT2D eigenvalue weighted by atomic mass is 9.82. The van der Waals surface area contributed by atoms with Gasteiger partial charge in [0.05, 0.1) is 31.3 Å². The van der Waals surface area contributed by atoms with Gasteiger partial charge in [0.1, 0.15) is 29.6 Å². The molecular weight excluding hydrogens is 528 g/mol. The van der Waals surface area contributed by atoms with Crippen molar-refractivity contribution in [3.8, 4) is 6.07 Å². The summed E-state index contributed by atoms with van der Waals surface area (Å²) in [6.07, 6.45) is -5.48. The van der Waals surface area contributed by atoms with Gasteiger partial charge in [-0.2, -0.15) is 18.4 Å². The minimum atomic E-state index is -4.97. The number of halogens is 4. The lowest BCUT2D eigenvalue weighted by Crippen LogP contribution is -2.27. The largest absolute Gasteiger partial charge is 0.469 e. The Balaban J connectivity index is 1.95. The Kier molecular flexibility index (Phi) is 8.44. The Labute approximate surface area is 218 Å². The number of hydrogen-bond donors (Lipinski definition) is 3. The van der Waals surface area contributed by atoms with Crippen molar-refractivity contribution in [1.82, 2.24) is 0 Å². The van der Waals surface area contributed by atoms with Gasteiger partial charge in [-0.15, -0.1) is 0 Å². The molecule has 4 N–H and O–H groups in total. The van der Waals surface area contributed by atoms with Crippen molar-refractivity contribution < 1.29 is 46.2 Å². The number of amides is 2. The molecule has 0 radical (unpaired) electrons. The number of carbonyl (C=O) groups excluding carboxylic acids is 3. The summed E-state index contributed by atoms with van der Waals surface area (Å²) in [6, 6.07) is 8.60. The van der Waals surface area contributed by atoms with E-state index >= 15 is 0 Å². The average molecular weight is 548 g/mol. The van der Waals surface area contributed by atoms with E-state index in [0.717, 1.165) is 20.3 Å². The first-order valence-corrected chi connectivity index (χ1v) is 10.9. The molecule has 0 spiro atoms. The fourth-order valence-corrected chi connectivity index (χ4v) is 3.73. The third-order valence-corrected chi connectivity index (χ3v) is 5.44. The third-order valence-electron chi connectivity index (χ3n) is 5.44. The molecule has 2 aromatic carbocycles. The van der Waals surface area contributed by atoms with Gasteiger partial charge < -0.3 is 30.6 Å². The number of allylic oxidation sites excluding steroid dienone is 1. The number of benzene rings is 2. The number of hydrogen-bond acceptors (Lipinski definition) is 8. The molecule has 0 aliphatic carbocycles. The van der Waals surface area contributed by atoms with Crippen LogP contribution in [-0.2, 0) is 30.0 Å². The summed E-state index contributed by atoms with van der Waals surface area (Å²) in [5.74, 6) is -4.94. The van der Waals surface area contributed by atoms with Gasteiger partial charge in [-0.05, 0) is 35.9 Å². The van der Waals surface area contributed by atoms with E-state index in [1.54, 1.807) is 0 Å². The Morgan fingerprint density at radius 1 is 1.08 bits per heavy atom. The van der Waals surface area contributed by atoms with Crippen LogP contribution in [0.1, 0.15) is 23.5 Å². The minimum absolute atomic E-state index is 0.101. The maximum absolute atomic E-state index is 13.5. The van der Waals surface area contributed by atoms with E-state index in [-0.39, 0.29) is 39.7 Å². The van der Waals surface area contributed by atoms with Gasteiger partial charge in [-0.1, -0.05) is 12.1 Å². The van der Waals surface area contributed by atoms with E-state index in [1.807, 2.05) is 6.07 Å². The molecule has 1 aliphatic heterocycles. The number of nitriles is 1. The molecule has 1 aliphatic rings. The number of urea groups is 1. The van der Waals surface area contributed by atoms with Crippen molar-refractivity contribution in [1.29, 1.82) is 5.26 Å². The Morgan fingerprint density at radius 2 is 1.74 bits per heavy atom. The topological polar surface area (TPSA) is 153 Å². The summed E-state index contributed by atoms with van der Waals surface area (Å²) < 4.78 is 67.3. The first kappa shape index (κ1) is 28.5. The van der Waals surface area contributed by atoms with Crippen LogP contribution in [0.25, 0.3) is 0 Å². The van der Waals surface area contributed by atoms with Gasteiger partial charge >= 0.3 is 24.1 Å². The van der Waals surface area contributed by atoms with Gasteiger partial charge in [0, 0.05) is 11.4 Å². The number of anilines is 2. The lowest BCUT2D eigenvalue weighted by Gasteiger charge is -2.27. The predicted octanol–water partition coefficient (Wildman–Crippen LogP) is 4.29. The zero-order chi connectivity index (χ0) is 28.9. The lowest BCUT2D eigenvalue weighted by molar-refractivity contribution is -0.141. The second kappa shape index (κ2) is 11.5. The van der Waals surface area contributed by atoms with Gasteiger partial charge in [0.2, 0.25) is 5.88 Å². The average Bonchev–Trinajstić information content (AvgIpc) is 2.88. The molecule has 0 saturated heterocycles. The third kappa shape index (κ3) is 6.45. The first-order valence-electron chi connectivity index (χ1n) is 10.9. The molecular formula is C25H20F4N4O6. The molecule has 3 rings (SSSR count). The Morgan fingerprint density at radius 3 is 2.33 bits per heavy atom. The number of ether oxygens (including phenoxy) is 3. The van der Waals surface area contributed by atoms with Crippen LogP contribution in [0.4, 0.5) is 33.7 Å². The van der Waals surface area contributed by atoms with Crippen LogP contribution in [0.15, 0.2) is 65.3 Å². The SMILES string of the molecule is COC(=O)CC1=C(C(=O)OC)C(c2cccc(NC(=O)Nc3ccc(F)c(C(F)(F)F)c3)c2)C(C#N)=C(N)O1. The fourth-order valence-electron chi connectivity index (χ4n) is 3.73. The summed E-state index contributed by atoms with van der Waals surface area (Å²) in [6.45, 7) is 0. The molecule has 2 aromatic rings. The Bertz CT molecular complexity index is 1430. The van der Waals surface area contributed by atoms with Crippen LogP contribution in [0.2, 0.25) is 0 Å². The molecule has 2 amide bonds. The van der Waals surface area contributed by atoms with Crippen molar-refractivity contribution in [3.05, 3.63) is 82.2 Å². The standard InChI is InChI=1S/C25H20F4N4O6/c1-37-19(34)10-18-21(23(35)38-2)20(15(11-30)22(31)39-18)12-4-3-5-13(8-12)32-24(36)33-14-6-7-17(26)16(9-14)25(27,28)29/h3-9,20H,10,31H2,1-2H3,(H2,32,33,36). The maximum Gasteiger partial charge on any atom is 0.419 e. The molecule has 1 atom stereocenters. The highest BCUT2D eigenvalue weighted by Gasteiger charge is 2.38. The number of nitrogens with two attached hydrogens (primary N) is 1. The van der Waals surface area contributed by atoms with E-state index < -0.39 is 47.9 Å². The smallest absolute Gasteiger partial charge is 0.419 e. The zero-order valence-electron chi connectivity index (χ0n) is 20.3. The van der Waals surface area contributed by atoms with Gasteiger partial charge in [0.25, 0.3) is 0 Å². The number of carbonyl (C=O) groups is 3. The number of rotatable bonds is 6. The van der Waals surface area contributed by atoms with Crippen LogP contribution in [0.5, 0.6) is 0 Å². The summed E-state index contributed by atoms with van der Waals surface area (Å²) in [5, 5.41) is 14.3. The summed E-state index contributed by atoms with van der Waals surface area (Å²) in [4.78, 5) is 37.1. The zero-order valence-corrected chi connectivity index (χ0v) is 20.3.